The molecule has 0 aliphatic heterocycles. The zero-order chi connectivity index (χ0) is 12.3. The maximum absolute atomic E-state index is 10.9. The Balaban J connectivity index is 3.16. The van der Waals surface area contributed by atoms with Crippen molar-refractivity contribution in [3.8, 4) is 0 Å². The summed E-state index contributed by atoms with van der Waals surface area (Å²) in [6.07, 6.45) is 0.631. The second-order valence-electron chi connectivity index (χ2n) is 4.87. The van der Waals surface area contributed by atoms with E-state index in [1.54, 1.807) is 12.1 Å². The van der Waals surface area contributed by atoms with Crippen molar-refractivity contribution in [1.29, 1.82) is 0 Å². The molecule has 2 N–H and O–H groups in total. The first-order valence-electron chi connectivity index (χ1n) is 5.30. The summed E-state index contributed by atoms with van der Waals surface area (Å²) in [6, 6.07) is 5.16. The molecule has 0 amide bonds. The van der Waals surface area contributed by atoms with Gasteiger partial charge in [0.05, 0.1) is 4.92 Å². The van der Waals surface area contributed by atoms with Crippen molar-refractivity contribution in [2.24, 2.45) is 11.1 Å². The number of hydrogen-bond acceptors (Lipinski definition) is 3. The van der Waals surface area contributed by atoms with Crippen LogP contribution in [-0.2, 0) is 6.42 Å². The average molecular weight is 222 g/mol. The van der Waals surface area contributed by atoms with E-state index in [1.807, 2.05) is 26.8 Å². The van der Waals surface area contributed by atoms with Crippen molar-refractivity contribution in [3.05, 3.63) is 39.4 Å². The molecule has 0 aromatic heterocycles. The fraction of sp³-hybridized carbons (Fsp3) is 0.500. The highest BCUT2D eigenvalue weighted by atomic mass is 16.6. The number of nitrogens with zero attached hydrogens (tertiary/aromatic N) is 1. The van der Waals surface area contributed by atoms with E-state index in [0.29, 0.717) is 13.0 Å². The molecule has 0 atom stereocenters. The van der Waals surface area contributed by atoms with Crippen LogP contribution in [0.4, 0.5) is 5.69 Å². The van der Waals surface area contributed by atoms with Crippen LogP contribution in [0.25, 0.3) is 0 Å². The van der Waals surface area contributed by atoms with E-state index in [4.69, 9.17) is 5.73 Å². The van der Waals surface area contributed by atoms with Crippen molar-refractivity contribution in [1.82, 2.24) is 0 Å². The van der Waals surface area contributed by atoms with Gasteiger partial charge in [-0.25, -0.2) is 0 Å². The highest BCUT2D eigenvalue weighted by Gasteiger charge is 2.23. The Bertz CT molecular complexity index is 400. The van der Waals surface area contributed by atoms with Crippen molar-refractivity contribution >= 4 is 5.69 Å². The summed E-state index contributed by atoms with van der Waals surface area (Å²) in [5, 5.41) is 10.9. The smallest absolute Gasteiger partial charge is 0.272 e. The Hall–Kier alpha value is -1.42. The summed E-state index contributed by atoms with van der Waals surface area (Å²) >= 11 is 0. The normalized spacial score (nSPS) is 11.5. The molecule has 0 bridgehead atoms. The number of benzene rings is 1. The molecular weight excluding hydrogens is 204 g/mol. The number of rotatable bonds is 4. The summed E-state index contributed by atoms with van der Waals surface area (Å²) in [5.74, 6) is 0. The van der Waals surface area contributed by atoms with Gasteiger partial charge >= 0.3 is 0 Å². The molecule has 0 aliphatic carbocycles. The van der Waals surface area contributed by atoms with Crippen LogP contribution in [0.15, 0.2) is 18.2 Å². The quantitative estimate of drug-likeness (QED) is 0.628. The van der Waals surface area contributed by atoms with Crippen LogP contribution in [0.1, 0.15) is 25.0 Å². The number of nitrogens with two attached hydrogens (primary N) is 1. The summed E-state index contributed by atoms with van der Waals surface area (Å²) in [5.41, 5.74) is 7.49. The molecule has 1 aromatic carbocycles. The van der Waals surface area contributed by atoms with Gasteiger partial charge < -0.3 is 5.73 Å². The van der Waals surface area contributed by atoms with E-state index in [1.165, 1.54) is 0 Å². The fourth-order valence-electron chi connectivity index (χ4n) is 1.64. The minimum Gasteiger partial charge on any atom is -0.330 e. The second kappa shape index (κ2) is 4.61. The van der Waals surface area contributed by atoms with E-state index in [0.717, 1.165) is 11.1 Å². The van der Waals surface area contributed by atoms with Crippen molar-refractivity contribution in [2.75, 3.05) is 6.54 Å². The minimum atomic E-state index is -0.324. The summed E-state index contributed by atoms with van der Waals surface area (Å²) < 4.78 is 0. The van der Waals surface area contributed by atoms with Crippen LogP contribution in [0, 0.1) is 22.5 Å². The number of hydrogen-bond donors (Lipinski definition) is 1. The lowest BCUT2D eigenvalue weighted by Crippen LogP contribution is -2.26. The molecule has 0 saturated heterocycles. The molecule has 1 aromatic rings. The van der Waals surface area contributed by atoms with Crippen molar-refractivity contribution in [3.63, 3.8) is 0 Å². The Morgan fingerprint density at radius 1 is 1.44 bits per heavy atom. The van der Waals surface area contributed by atoms with Gasteiger partial charge in [-0.2, -0.15) is 0 Å². The van der Waals surface area contributed by atoms with E-state index < -0.39 is 0 Å². The zero-order valence-corrected chi connectivity index (χ0v) is 9.99. The van der Waals surface area contributed by atoms with Gasteiger partial charge in [0.15, 0.2) is 0 Å². The zero-order valence-electron chi connectivity index (χ0n) is 9.99. The van der Waals surface area contributed by atoms with Crippen LogP contribution in [0.3, 0.4) is 0 Å². The molecule has 0 saturated carbocycles. The van der Waals surface area contributed by atoms with Gasteiger partial charge in [-0.15, -0.1) is 0 Å². The van der Waals surface area contributed by atoms with E-state index in [2.05, 4.69) is 0 Å². The Kier molecular flexibility index (Phi) is 3.65. The van der Waals surface area contributed by atoms with Crippen LogP contribution < -0.4 is 5.73 Å². The molecule has 0 unspecified atom stereocenters. The van der Waals surface area contributed by atoms with Crippen LogP contribution in [0.5, 0.6) is 0 Å². The van der Waals surface area contributed by atoms with Gasteiger partial charge in [-0.05, 0) is 30.9 Å². The average Bonchev–Trinajstić information content (AvgIpc) is 2.20. The third kappa shape index (κ3) is 2.79. The van der Waals surface area contributed by atoms with Crippen LogP contribution in [0.2, 0.25) is 0 Å². The largest absolute Gasteiger partial charge is 0.330 e. The first-order valence-corrected chi connectivity index (χ1v) is 5.30. The second-order valence-corrected chi connectivity index (χ2v) is 4.87. The minimum absolute atomic E-state index is 0.114. The molecule has 1 rings (SSSR count). The fourth-order valence-corrected chi connectivity index (χ4v) is 1.64. The molecule has 88 valence electrons. The highest BCUT2D eigenvalue weighted by Crippen LogP contribution is 2.29. The monoisotopic (exact) mass is 222 g/mol. The van der Waals surface area contributed by atoms with Gasteiger partial charge in [0, 0.05) is 11.6 Å². The predicted octanol–water partition coefficient (Wildman–Crippen LogP) is 2.43. The number of aryl methyl sites for hydroxylation is 1. The molecule has 0 fully saturated rings. The first kappa shape index (κ1) is 12.6. The summed E-state index contributed by atoms with van der Waals surface area (Å²) in [6.45, 7) is 6.44. The maximum Gasteiger partial charge on any atom is 0.272 e. The molecule has 4 heteroatoms. The molecule has 4 nitrogen and oxygen atoms in total. The predicted molar refractivity (Wildman–Crippen MR) is 64.4 cm³/mol. The molecular formula is C12H18N2O2. The van der Waals surface area contributed by atoms with Crippen molar-refractivity contribution in [2.45, 2.75) is 27.2 Å². The van der Waals surface area contributed by atoms with Gasteiger partial charge in [-0.1, -0.05) is 26.0 Å². The number of nitro groups is 1. The third-order valence-corrected chi connectivity index (χ3v) is 2.79. The molecule has 0 heterocycles. The lowest BCUT2D eigenvalue weighted by molar-refractivity contribution is -0.385. The standard InChI is InChI=1S/C12H18N2O2/c1-9-5-4-6-11(14(15)16)10(9)7-12(2,3)8-13/h4-6H,7-8,13H2,1-3H3. The van der Waals surface area contributed by atoms with Gasteiger partial charge in [-0.3, -0.25) is 10.1 Å². The van der Waals surface area contributed by atoms with E-state index >= 15 is 0 Å². The highest BCUT2D eigenvalue weighted by molar-refractivity contribution is 5.45. The van der Waals surface area contributed by atoms with Gasteiger partial charge in [0.2, 0.25) is 0 Å². The van der Waals surface area contributed by atoms with Crippen molar-refractivity contribution < 1.29 is 4.92 Å². The molecule has 16 heavy (non-hydrogen) atoms. The Morgan fingerprint density at radius 3 is 2.56 bits per heavy atom. The van der Waals surface area contributed by atoms with E-state index in [-0.39, 0.29) is 16.0 Å². The van der Waals surface area contributed by atoms with E-state index in [9.17, 15) is 10.1 Å². The van der Waals surface area contributed by atoms with Crippen LogP contribution in [-0.4, -0.2) is 11.5 Å². The van der Waals surface area contributed by atoms with Crippen LogP contribution >= 0.6 is 0 Å². The molecule has 0 aliphatic rings. The SMILES string of the molecule is Cc1cccc([N+](=O)[O-])c1CC(C)(C)CN. The third-order valence-electron chi connectivity index (χ3n) is 2.79. The Labute approximate surface area is 95.6 Å². The maximum atomic E-state index is 10.9. The molecule has 0 spiro atoms. The summed E-state index contributed by atoms with van der Waals surface area (Å²) in [7, 11) is 0. The Morgan fingerprint density at radius 2 is 2.06 bits per heavy atom. The molecule has 0 radical (unpaired) electrons. The number of nitro benzene ring substituents is 1. The lowest BCUT2D eigenvalue weighted by Gasteiger charge is -2.23. The first-order chi connectivity index (χ1) is 7.37. The lowest BCUT2D eigenvalue weighted by atomic mass is 9.84. The summed E-state index contributed by atoms with van der Waals surface area (Å²) in [4.78, 5) is 10.6. The van der Waals surface area contributed by atoms with Gasteiger partial charge in [0.1, 0.15) is 0 Å². The van der Waals surface area contributed by atoms with Gasteiger partial charge in [0.25, 0.3) is 5.69 Å². The topological polar surface area (TPSA) is 69.2 Å².